The number of nitrogens with one attached hydrogen (secondary N) is 2. The molecule has 7 nitrogen and oxygen atoms in total. The van der Waals surface area contributed by atoms with E-state index in [1.54, 1.807) is 7.11 Å². The molecule has 0 heterocycles. The number of amides is 1. The molecule has 0 spiro atoms. The summed E-state index contributed by atoms with van der Waals surface area (Å²) in [6.45, 7) is 2.27. The van der Waals surface area contributed by atoms with Crippen LogP contribution >= 0.6 is 11.8 Å². The van der Waals surface area contributed by atoms with Gasteiger partial charge >= 0.3 is 0 Å². The molecule has 6 N–H and O–H groups in total. The average molecular weight is 247 g/mol. The normalized spacial score (nSPS) is 11.6. The number of carbonyl (C=O) groups is 1. The van der Waals surface area contributed by atoms with Crippen LogP contribution in [0.1, 0.15) is 6.92 Å². The van der Waals surface area contributed by atoms with Crippen LogP contribution in [0.5, 0.6) is 0 Å². The van der Waals surface area contributed by atoms with Gasteiger partial charge in [-0.1, -0.05) is 11.8 Å². The molecule has 0 radical (unpaired) electrons. The Kier molecular flexibility index (Phi) is 7.31. The van der Waals surface area contributed by atoms with Crippen LogP contribution in [0.25, 0.3) is 0 Å². The molecule has 0 bridgehead atoms. The topological polar surface area (TPSA) is 127 Å². The summed E-state index contributed by atoms with van der Waals surface area (Å²) in [5.41, 5.74) is 10.2. The fourth-order valence-electron chi connectivity index (χ4n) is 0.892. The van der Waals surface area contributed by atoms with Gasteiger partial charge in [-0.3, -0.25) is 10.2 Å². The maximum atomic E-state index is 11.3. The first-order chi connectivity index (χ1) is 7.45. The van der Waals surface area contributed by atoms with Crippen molar-refractivity contribution in [2.75, 3.05) is 19.5 Å². The zero-order chi connectivity index (χ0) is 12.6. The van der Waals surface area contributed by atoms with Gasteiger partial charge in [0, 0.05) is 13.2 Å². The molecule has 0 rings (SSSR count). The van der Waals surface area contributed by atoms with E-state index in [0.29, 0.717) is 6.61 Å². The van der Waals surface area contributed by atoms with Crippen molar-refractivity contribution in [3.63, 3.8) is 0 Å². The Balaban J connectivity index is 3.81. The first-order valence-electron chi connectivity index (χ1n) is 4.55. The van der Waals surface area contributed by atoms with E-state index in [0.717, 1.165) is 11.8 Å². The quantitative estimate of drug-likeness (QED) is 0.369. The maximum absolute atomic E-state index is 11.3. The molecule has 0 aliphatic heterocycles. The number of thioether (sulfide) groups is 1. The highest BCUT2D eigenvalue weighted by molar-refractivity contribution is 8.14. The molecule has 16 heavy (non-hydrogen) atoms. The smallest absolute Gasteiger partial charge is 0.230 e. The van der Waals surface area contributed by atoms with Gasteiger partial charge in [-0.25, -0.2) is 0 Å². The Morgan fingerprint density at radius 1 is 1.62 bits per heavy atom. The van der Waals surface area contributed by atoms with E-state index >= 15 is 0 Å². The van der Waals surface area contributed by atoms with Crippen LogP contribution in [0, 0.1) is 5.41 Å². The summed E-state index contributed by atoms with van der Waals surface area (Å²) in [5.74, 6) is -0.278. The zero-order valence-corrected chi connectivity index (χ0v) is 10.1. The van der Waals surface area contributed by atoms with E-state index in [-0.39, 0.29) is 28.8 Å². The number of ether oxygens (including phenoxy) is 1. The Bertz CT molecular complexity index is 278. The van der Waals surface area contributed by atoms with Crippen LogP contribution in [0.3, 0.4) is 0 Å². The van der Waals surface area contributed by atoms with Gasteiger partial charge in [0.1, 0.15) is 0 Å². The molecule has 0 aliphatic rings. The highest BCUT2D eigenvalue weighted by Gasteiger charge is 2.08. The highest BCUT2D eigenvalue weighted by Crippen LogP contribution is 2.02. The average Bonchev–Trinajstić information content (AvgIpc) is 2.14. The maximum Gasteiger partial charge on any atom is 0.230 e. The summed E-state index contributed by atoms with van der Waals surface area (Å²) < 4.78 is 4.86. The lowest BCUT2D eigenvalue weighted by molar-refractivity contribution is -0.119. The Morgan fingerprint density at radius 3 is 2.75 bits per heavy atom. The lowest BCUT2D eigenvalue weighted by Gasteiger charge is -2.11. The second-order valence-electron chi connectivity index (χ2n) is 3.05. The predicted molar refractivity (Wildman–Crippen MR) is 65.5 cm³/mol. The molecule has 0 fully saturated rings. The first-order valence-corrected chi connectivity index (χ1v) is 5.53. The molecule has 0 aromatic carbocycles. The number of nitrogens with zero attached hydrogens (tertiary/aromatic N) is 1. The molecule has 0 aromatic rings. The third-order valence-corrected chi connectivity index (χ3v) is 2.17. The molecular formula is C8H17N5O2S. The summed E-state index contributed by atoms with van der Waals surface area (Å²) in [6, 6.07) is -0.0598. The predicted octanol–water partition coefficient (Wildman–Crippen LogP) is -0.921. The van der Waals surface area contributed by atoms with Crippen LogP contribution in [-0.2, 0) is 9.53 Å². The minimum Gasteiger partial charge on any atom is -0.383 e. The van der Waals surface area contributed by atoms with Gasteiger partial charge < -0.3 is 21.5 Å². The molecule has 92 valence electrons. The first kappa shape index (κ1) is 14.7. The second kappa shape index (κ2) is 7.94. The van der Waals surface area contributed by atoms with E-state index in [1.807, 2.05) is 6.92 Å². The number of hydrogen-bond acceptors (Lipinski definition) is 4. The third kappa shape index (κ3) is 8.06. The van der Waals surface area contributed by atoms with Crippen molar-refractivity contribution < 1.29 is 9.53 Å². The number of hydrogen-bond donors (Lipinski definition) is 4. The lowest BCUT2D eigenvalue weighted by Crippen LogP contribution is -2.36. The number of amidine groups is 1. The minimum absolute atomic E-state index is 0.0598. The number of nitrogens with two attached hydrogens (primary N) is 2. The van der Waals surface area contributed by atoms with E-state index in [4.69, 9.17) is 21.6 Å². The molecule has 0 saturated heterocycles. The summed E-state index contributed by atoms with van der Waals surface area (Å²) >= 11 is 0.956. The van der Waals surface area contributed by atoms with Gasteiger partial charge in [-0.15, -0.1) is 0 Å². The fraction of sp³-hybridized carbons (Fsp3) is 0.625. The standard InChI is InChI=1S/C8H17N5O2S/c1-5(3-15-2)12-6(14)4-16-8(11)13-7(9)10/h5H,3-4H2,1-2H3,(H,12,14)(H5,9,10,11,13). The van der Waals surface area contributed by atoms with Crippen molar-refractivity contribution in [1.82, 2.24) is 5.32 Å². The van der Waals surface area contributed by atoms with Crippen LogP contribution in [-0.4, -0.2) is 42.5 Å². The van der Waals surface area contributed by atoms with Crippen LogP contribution < -0.4 is 16.8 Å². The molecule has 1 amide bonds. The lowest BCUT2D eigenvalue weighted by atomic mass is 10.3. The molecule has 0 saturated carbocycles. The van der Waals surface area contributed by atoms with Crippen LogP contribution in [0.15, 0.2) is 4.99 Å². The number of guanidine groups is 1. The molecule has 8 heteroatoms. The largest absolute Gasteiger partial charge is 0.383 e. The molecule has 1 atom stereocenters. The minimum atomic E-state index is -0.190. The van der Waals surface area contributed by atoms with E-state index in [2.05, 4.69) is 10.3 Å². The van der Waals surface area contributed by atoms with Gasteiger partial charge in [0.2, 0.25) is 5.91 Å². The van der Waals surface area contributed by atoms with Crippen molar-refractivity contribution in [2.45, 2.75) is 13.0 Å². The van der Waals surface area contributed by atoms with Crippen LogP contribution in [0.2, 0.25) is 0 Å². The summed E-state index contributed by atoms with van der Waals surface area (Å²) in [6.07, 6.45) is 0. The number of aliphatic imine (C=N–C) groups is 1. The van der Waals surface area contributed by atoms with Crippen molar-refractivity contribution in [3.05, 3.63) is 0 Å². The number of carbonyl (C=O) groups excluding carboxylic acids is 1. The monoisotopic (exact) mass is 247 g/mol. The molecule has 0 aliphatic carbocycles. The van der Waals surface area contributed by atoms with Crippen LogP contribution in [0.4, 0.5) is 0 Å². The summed E-state index contributed by atoms with van der Waals surface area (Å²) in [4.78, 5) is 14.8. The van der Waals surface area contributed by atoms with Gasteiger partial charge in [-0.2, -0.15) is 4.99 Å². The number of rotatable bonds is 5. The van der Waals surface area contributed by atoms with E-state index < -0.39 is 0 Å². The zero-order valence-electron chi connectivity index (χ0n) is 9.32. The Morgan fingerprint density at radius 2 is 2.25 bits per heavy atom. The number of methoxy groups -OCH3 is 1. The van der Waals surface area contributed by atoms with Crippen molar-refractivity contribution in [2.24, 2.45) is 16.5 Å². The van der Waals surface area contributed by atoms with Crippen molar-refractivity contribution in [1.29, 1.82) is 5.41 Å². The fourth-order valence-corrected chi connectivity index (χ4v) is 1.41. The van der Waals surface area contributed by atoms with E-state index in [9.17, 15) is 4.79 Å². The Hall–Kier alpha value is -1.28. The summed E-state index contributed by atoms with van der Waals surface area (Å²) in [7, 11) is 1.56. The highest BCUT2D eigenvalue weighted by atomic mass is 32.2. The Labute approximate surface area is 98.5 Å². The molecule has 0 aromatic heterocycles. The third-order valence-electron chi connectivity index (χ3n) is 1.39. The van der Waals surface area contributed by atoms with Crippen molar-refractivity contribution >= 4 is 28.8 Å². The van der Waals surface area contributed by atoms with Gasteiger partial charge in [0.15, 0.2) is 11.1 Å². The SMILES string of the molecule is COCC(C)NC(=O)CSC(=N)N=C(N)N. The molecule has 1 unspecified atom stereocenters. The van der Waals surface area contributed by atoms with Crippen molar-refractivity contribution in [3.8, 4) is 0 Å². The second-order valence-corrected chi connectivity index (χ2v) is 4.02. The van der Waals surface area contributed by atoms with E-state index in [1.165, 1.54) is 0 Å². The van der Waals surface area contributed by atoms with Gasteiger partial charge in [0.05, 0.1) is 12.4 Å². The molecular weight excluding hydrogens is 230 g/mol. The van der Waals surface area contributed by atoms with Gasteiger partial charge in [-0.05, 0) is 6.92 Å². The van der Waals surface area contributed by atoms with Gasteiger partial charge in [0.25, 0.3) is 0 Å². The summed E-state index contributed by atoms with van der Waals surface area (Å²) in [5, 5.41) is 9.90.